The molecule has 0 aliphatic carbocycles. The van der Waals surface area contributed by atoms with Gasteiger partial charge in [-0.25, -0.2) is 4.98 Å². The summed E-state index contributed by atoms with van der Waals surface area (Å²) in [5.41, 5.74) is 5.78. The highest BCUT2D eigenvalue weighted by molar-refractivity contribution is 9.10. The van der Waals surface area contributed by atoms with Crippen molar-refractivity contribution in [3.05, 3.63) is 136 Å². The fraction of sp³-hybridized carbons (Fsp3) is 0.115. The zero-order valence-corrected chi connectivity index (χ0v) is 17.4. The summed E-state index contributed by atoms with van der Waals surface area (Å²) in [6.07, 6.45) is 2.99. The Bertz CT molecular complexity index is 1000. The summed E-state index contributed by atoms with van der Waals surface area (Å²) >= 11 is 3.49. The van der Waals surface area contributed by atoms with Crippen LogP contribution < -0.4 is 0 Å². The average molecular weight is 428 g/mol. The Balaban J connectivity index is 2.12. The van der Waals surface area contributed by atoms with Gasteiger partial charge in [0.1, 0.15) is 4.60 Å². The predicted molar refractivity (Wildman–Crippen MR) is 120 cm³/mol. The lowest BCUT2D eigenvalue weighted by Crippen LogP contribution is -2.31. The molecule has 0 atom stereocenters. The van der Waals surface area contributed by atoms with Crippen molar-refractivity contribution in [2.24, 2.45) is 0 Å². The van der Waals surface area contributed by atoms with E-state index >= 15 is 0 Å². The number of pyridine rings is 1. The van der Waals surface area contributed by atoms with Crippen LogP contribution in [0.1, 0.15) is 34.7 Å². The Hall–Kier alpha value is -2.71. The third kappa shape index (κ3) is 3.29. The predicted octanol–water partition coefficient (Wildman–Crippen LogP) is 6.79. The van der Waals surface area contributed by atoms with E-state index in [-0.39, 0.29) is 0 Å². The number of hydrogen-bond donors (Lipinski definition) is 0. The van der Waals surface area contributed by atoms with Crippen molar-refractivity contribution >= 4 is 15.9 Å². The summed E-state index contributed by atoms with van der Waals surface area (Å²) in [6.45, 7) is 2.20. The molecule has 3 aromatic carbocycles. The lowest BCUT2D eigenvalue weighted by Gasteiger charge is -2.36. The monoisotopic (exact) mass is 427 g/mol. The maximum atomic E-state index is 4.58. The molecule has 0 spiro atoms. The molecule has 28 heavy (non-hydrogen) atoms. The van der Waals surface area contributed by atoms with Gasteiger partial charge in [0.2, 0.25) is 0 Å². The number of nitrogens with zero attached hydrogens (tertiary/aromatic N) is 1. The number of aromatic nitrogens is 1. The Morgan fingerprint density at radius 1 is 0.679 bits per heavy atom. The van der Waals surface area contributed by atoms with Crippen molar-refractivity contribution in [3.8, 4) is 0 Å². The molecular weight excluding hydrogens is 406 g/mol. The molecule has 1 nitrogen and oxygen atoms in total. The Morgan fingerprint density at radius 3 is 1.82 bits per heavy atom. The molecule has 0 bridgehead atoms. The van der Waals surface area contributed by atoms with E-state index in [1.54, 1.807) is 0 Å². The second kappa shape index (κ2) is 8.12. The van der Waals surface area contributed by atoms with Gasteiger partial charge in [-0.1, -0.05) is 97.9 Å². The van der Waals surface area contributed by atoms with E-state index < -0.39 is 5.41 Å². The van der Waals surface area contributed by atoms with Crippen LogP contribution >= 0.6 is 15.9 Å². The average Bonchev–Trinajstić information content (AvgIpc) is 2.77. The van der Waals surface area contributed by atoms with Gasteiger partial charge in [0.25, 0.3) is 0 Å². The van der Waals surface area contributed by atoms with Crippen molar-refractivity contribution in [2.75, 3.05) is 0 Å². The highest BCUT2D eigenvalue weighted by Gasteiger charge is 2.38. The van der Waals surface area contributed by atoms with Crippen molar-refractivity contribution in [1.29, 1.82) is 0 Å². The zero-order chi connectivity index (χ0) is 19.4. The van der Waals surface area contributed by atoms with Crippen LogP contribution in [0.25, 0.3) is 0 Å². The van der Waals surface area contributed by atoms with E-state index in [1.807, 2.05) is 12.3 Å². The summed E-state index contributed by atoms with van der Waals surface area (Å²) in [5.74, 6) is 0. The van der Waals surface area contributed by atoms with Crippen molar-refractivity contribution in [1.82, 2.24) is 4.98 Å². The summed E-state index contributed by atoms with van der Waals surface area (Å²) < 4.78 is 0.841. The number of hydrogen-bond acceptors (Lipinski definition) is 1. The van der Waals surface area contributed by atoms with Crippen LogP contribution in [0.15, 0.2) is 108 Å². The molecular formula is C26H22BrN. The Kier molecular flexibility index (Phi) is 5.40. The Morgan fingerprint density at radius 2 is 1.29 bits per heavy atom. The summed E-state index contributed by atoms with van der Waals surface area (Å²) in [6, 6.07) is 34.6. The first kappa shape index (κ1) is 18.6. The number of benzene rings is 3. The fourth-order valence-electron chi connectivity index (χ4n) is 4.00. The lowest BCUT2D eigenvalue weighted by molar-refractivity contribution is 0.737. The molecule has 0 aliphatic heterocycles. The molecule has 0 fully saturated rings. The Labute approximate surface area is 175 Å². The molecule has 1 heterocycles. The molecule has 1 aromatic heterocycles. The number of aryl methyl sites for hydroxylation is 1. The first-order valence-corrected chi connectivity index (χ1v) is 10.4. The minimum atomic E-state index is -0.429. The smallest absolute Gasteiger partial charge is 0.106 e. The van der Waals surface area contributed by atoms with Gasteiger partial charge in [-0.2, -0.15) is 0 Å². The molecule has 0 N–H and O–H groups in total. The van der Waals surface area contributed by atoms with Gasteiger partial charge in [0.15, 0.2) is 0 Å². The second-order valence-corrected chi connectivity index (χ2v) is 7.72. The topological polar surface area (TPSA) is 12.9 Å². The molecule has 2 heteroatoms. The molecule has 0 unspecified atom stereocenters. The van der Waals surface area contributed by atoms with E-state index in [0.29, 0.717) is 0 Å². The molecule has 0 saturated carbocycles. The van der Waals surface area contributed by atoms with Crippen molar-refractivity contribution in [3.63, 3.8) is 0 Å². The largest absolute Gasteiger partial charge is 0.249 e. The maximum absolute atomic E-state index is 4.58. The molecule has 0 saturated heterocycles. The number of rotatable bonds is 5. The van der Waals surface area contributed by atoms with Crippen LogP contribution in [0.2, 0.25) is 0 Å². The highest BCUT2D eigenvalue weighted by atomic mass is 79.9. The van der Waals surface area contributed by atoms with Crippen LogP contribution in [-0.4, -0.2) is 4.98 Å². The summed E-state index contributed by atoms with van der Waals surface area (Å²) in [4.78, 5) is 4.58. The molecule has 0 amide bonds. The van der Waals surface area contributed by atoms with Crippen LogP contribution in [0.3, 0.4) is 0 Å². The molecule has 4 rings (SSSR count). The third-order valence-corrected chi connectivity index (χ3v) is 5.81. The molecule has 0 radical (unpaired) electrons. The van der Waals surface area contributed by atoms with E-state index in [1.165, 1.54) is 22.3 Å². The van der Waals surface area contributed by atoms with Crippen LogP contribution in [-0.2, 0) is 11.8 Å². The van der Waals surface area contributed by atoms with Crippen LogP contribution in [0.4, 0.5) is 0 Å². The van der Waals surface area contributed by atoms with Crippen LogP contribution in [0, 0.1) is 0 Å². The van der Waals surface area contributed by atoms with E-state index in [9.17, 15) is 0 Å². The minimum absolute atomic E-state index is 0.429. The molecule has 4 aromatic rings. The first-order valence-electron chi connectivity index (χ1n) is 9.57. The lowest BCUT2D eigenvalue weighted by atomic mass is 9.65. The van der Waals surface area contributed by atoms with Crippen molar-refractivity contribution < 1.29 is 0 Å². The van der Waals surface area contributed by atoms with Gasteiger partial charge in [-0.15, -0.1) is 0 Å². The number of halogens is 1. The zero-order valence-electron chi connectivity index (χ0n) is 15.8. The SMILES string of the molecule is CCc1cccc(C(c2ccccc2)(c2ccccc2)c2ccc(Br)nc2)c1. The van der Waals surface area contributed by atoms with Gasteiger partial charge in [-0.3, -0.25) is 0 Å². The van der Waals surface area contributed by atoms with Crippen LogP contribution in [0.5, 0.6) is 0 Å². The van der Waals surface area contributed by atoms with Gasteiger partial charge in [0, 0.05) is 6.20 Å². The standard InChI is InChI=1S/C26H22BrN/c1-2-20-10-9-15-23(18-20)26(21-11-5-3-6-12-21,22-13-7-4-8-14-22)24-16-17-25(27)28-19-24/h3-19H,2H2,1H3. The molecule has 138 valence electrons. The van der Waals surface area contributed by atoms with E-state index in [4.69, 9.17) is 0 Å². The summed E-state index contributed by atoms with van der Waals surface area (Å²) in [7, 11) is 0. The fourth-order valence-corrected chi connectivity index (χ4v) is 4.23. The van der Waals surface area contributed by atoms with E-state index in [0.717, 1.165) is 16.6 Å². The van der Waals surface area contributed by atoms with E-state index in [2.05, 4.69) is 119 Å². The highest BCUT2D eigenvalue weighted by Crippen LogP contribution is 2.45. The quantitative estimate of drug-likeness (QED) is 0.252. The molecule has 0 aliphatic rings. The maximum Gasteiger partial charge on any atom is 0.106 e. The summed E-state index contributed by atoms with van der Waals surface area (Å²) in [5, 5.41) is 0. The third-order valence-electron chi connectivity index (χ3n) is 5.34. The van der Waals surface area contributed by atoms with Gasteiger partial charge in [0.05, 0.1) is 5.41 Å². The van der Waals surface area contributed by atoms with Gasteiger partial charge >= 0.3 is 0 Å². The minimum Gasteiger partial charge on any atom is -0.249 e. The first-order chi connectivity index (χ1) is 13.7. The van der Waals surface area contributed by atoms with Gasteiger partial charge < -0.3 is 0 Å². The second-order valence-electron chi connectivity index (χ2n) is 6.91. The van der Waals surface area contributed by atoms with Gasteiger partial charge in [-0.05, 0) is 56.2 Å². The normalized spacial score (nSPS) is 11.4. The van der Waals surface area contributed by atoms with Crippen molar-refractivity contribution in [2.45, 2.75) is 18.8 Å².